The third kappa shape index (κ3) is 2.97. The van der Waals surface area contributed by atoms with Gasteiger partial charge in [0.2, 0.25) is 5.91 Å². The van der Waals surface area contributed by atoms with Gasteiger partial charge in [-0.15, -0.1) is 0 Å². The number of carbonyl (C=O) groups excluding carboxylic acids is 1. The standard InChI is InChI=1S/C12H22N2O3/c1-2-17-11-8-14(7-10(11)15)12(16)9-5-3-4-6-13-9/h9-11,13,15H,2-8H2,1H3/t9-,10-,11+/m0/s1. The monoisotopic (exact) mass is 242 g/mol. The van der Waals surface area contributed by atoms with Crippen LogP contribution in [0.3, 0.4) is 0 Å². The summed E-state index contributed by atoms with van der Waals surface area (Å²) >= 11 is 0. The fourth-order valence-electron chi connectivity index (χ4n) is 2.60. The van der Waals surface area contributed by atoms with E-state index in [-0.39, 0.29) is 18.1 Å². The number of aliphatic hydroxyl groups excluding tert-OH is 1. The number of nitrogens with zero attached hydrogens (tertiary/aromatic N) is 1. The molecule has 2 rings (SSSR count). The second-order valence-corrected chi connectivity index (χ2v) is 4.81. The number of hydrogen-bond acceptors (Lipinski definition) is 4. The van der Waals surface area contributed by atoms with Crippen molar-refractivity contribution in [3.8, 4) is 0 Å². The molecular formula is C12H22N2O3. The van der Waals surface area contributed by atoms with Crippen LogP contribution in [0.4, 0.5) is 0 Å². The topological polar surface area (TPSA) is 61.8 Å². The molecule has 5 nitrogen and oxygen atoms in total. The fraction of sp³-hybridized carbons (Fsp3) is 0.917. The average molecular weight is 242 g/mol. The number of hydrogen-bond donors (Lipinski definition) is 2. The van der Waals surface area contributed by atoms with Crippen LogP contribution in [0.1, 0.15) is 26.2 Å². The normalized spacial score (nSPS) is 34.0. The van der Waals surface area contributed by atoms with Gasteiger partial charge in [0.05, 0.1) is 12.1 Å². The van der Waals surface area contributed by atoms with Gasteiger partial charge in [-0.25, -0.2) is 0 Å². The smallest absolute Gasteiger partial charge is 0.239 e. The second kappa shape index (κ2) is 5.80. The number of nitrogens with one attached hydrogen (secondary N) is 1. The molecule has 0 aromatic heterocycles. The minimum absolute atomic E-state index is 0.0590. The number of β-amino-alcohol motifs (C(OH)–C–C–N with tert-alkyl or cyclic N) is 1. The van der Waals surface area contributed by atoms with E-state index in [0.717, 1.165) is 25.8 Å². The van der Waals surface area contributed by atoms with Gasteiger partial charge in [0.15, 0.2) is 0 Å². The highest BCUT2D eigenvalue weighted by atomic mass is 16.5. The van der Waals surface area contributed by atoms with Crippen molar-refractivity contribution in [2.75, 3.05) is 26.2 Å². The lowest BCUT2D eigenvalue weighted by Crippen LogP contribution is -2.48. The Bertz CT molecular complexity index is 266. The molecule has 0 saturated carbocycles. The van der Waals surface area contributed by atoms with Crippen molar-refractivity contribution in [2.45, 2.75) is 44.4 Å². The Morgan fingerprint density at radius 3 is 2.94 bits per heavy atom. The lowest BCUT2D eigenvalue weighted by atomic mass is 10.0. The maximum atomic E-state index is 12.2. The summed E-state index contributed by atoms with van der Waals surface area (Å²) in [6, 6.07) is -0.0590. The van der Waals surface area contributed by atoms with Crippen molar-refractivity contribution in [3.63, 3.8) is 0 Å². The summed E-state index contributed by atoms with van der Waals surface area (Å²) in [6.45, 7) is 4.32. The summed E-state index contributed by atoms with van der Waals surface area (Å²) in [5, 5.41) is 13.0. The molecule has 2 aliphatic heterocycles. The van der Waals surface area contributed by atoms with Gasteiger partial charge in [-0.05, 0) is 26.3 Å². The third-order valence-electron chi connectivity index (χ3n) is 3.54. The summed E-state index contributed by atoms with van der Waals surface area (Å²) in [5.41, 5.74) is 0. The molecule has 0 aliphatic carbocycles. The van der Waals surface area contributed by atoms with E-state index in [1.807, 2.05) is 6.92 Å². The molecular weight excluding hydrogens is 220 g/mol. The molecule has 0 aromatic carbocycles. The van der Waals surface area contributed by atoms with Crippen LogP contribution in [0.25, 0.3) is 0 Å². The van der Waals surface area contributed by atoms with Gasteiger partial charge in [0, 0.05) is 19.7 Å². The molecule has 3 atom stereocenters. The van der Waals surface area contributed by atoms with E-state index in [2.05, 4.69) is 5.32 Å². The van der Waals surface area contributed by atoms with Crippen molar-refractivity contribution in [1.82, 2.24) is 10.2 Å². The largest absolute Gasteiger partial charge is 0.388 e. The predicted molar refractivity (Wildman–Crippen MR) is 63.6 cm³/mol. The van der Waals surface area contributed by atoms with Crippen LogP contribution in [0.2, 0.25) is 0 Å². The highest BCUT2D eigenvalue weighted by Crippen LogP contribution is 2.17. The van der Waals surface area contributed by atoms with Crippen LogP contribution in [-0.4, -0.2) is 60.4 Å². The van der Waals surface area contributed by atoms with Crippen LogP contribution < -0.4 is 5.32 Å². The maximum absolute atomic E-state index is 12.2. The molecule has 0 bridgehead atoms. The molecule has 1 amide bonds. The van der Waals surface area contributed by atoms with Crippen LogP contribution in [-0.2, 0) is 9.53 Å². The van der Waals surface area contributed by atoms with E-state index in [1.54, 1.807) is 4.90 Å². The lowest BCUT2D eigenvalue weighted by molar-refractivity contribution is -0.133. The highest BCUT2D eigenvalue weighted by molar-refractivity contribution is 5.82. The van der Waals surface area contributed by atoms with Gasteiger partial charge < -0.3 is 20.1 Å². The second-order valence-electron chi connectivity index (χ2n) is 4.81. The number of aliphatic hydroxyl groups is 1. The first-order valence-electron chi connectivity index (χ1n) is 6.54. The summed E-state index contributed by atoms with van der Waals surface area (Å²) in [5.74, 6) is 0.117. The van der Waals surface area contributed by atoms with Crippen LogP contribution in [0.5, 0.6) is 0 Å². The van der Waals surface area contributed by atoms with E-state index in [1.165, 1.54) is 0 Å². The lowest BCUT2D eigenvalue weighted by Gasteiger charge is -2.27. The van der Waals surface area contributed by atoms with Gasteiger partial charge in [0.1, 0.15) is 6.10 Å². The first kappa shape index (κ1) is 12.8. The van der Waals surface area contributed by atoms with Crippen molar-refractivity contribution in [3.05, 3.63) is 0 Å². The minimum atomic E-state index is -0.539. The quantitative estimate of drug-likeness (QED) is 0.715. The Kier molecular flexibility index (Phi) is 4.36. The summed E-state index contributed by atoms with van der Waals surface area (Å²) in [4.78, 5) is 13.9. The van der Waals surface area contributed by atoms with E-state index in [9.17, 15) is 9.90 Å². The van der Waals surface area contributed by atoms with Crippen molar-refractivity contribution >= 4 is 5.91 Å². The molecule has 2 heterocycles. The van der Waals surface area contributed by atoms with Crippen LogP contribution in [0, 0.1) is 0 Å². The molecule has 0 aromatic rings. The number of likely N-dealkylation sites (tertiary alicyclic amines) is 1. The summed E-state index contributed by atoms with van der Waals surface area (Å²) < 4.78 is 5.42. The van der Waals surface area contributed by atoms with Crippen molar-refractivity contribution in [2.24, 2.45) is 0 Å². The number of carbonyl (C=O) groups is 1. The van der Waals surface area contributed by atoms with Crippen molar-refractivity contribution in [1.29, 1.82) is 0 Å². The Labute approximate surface area is 102 Å². The average Bonchev–Trinajstić information content (AvgIpc) is 2.72. The number of piperidine rings is 1. The molecule has 98 valence electrons. The Morgan fingerprint density at radius 2 is 2.29 bits per heavy atom. The van der Waals surface area contributed by atoms with Gasteiger partial charge in [0.25, 0.3) is 0 Å². The molecule has 17 heavy (non-hydrogen) atoms. The summed E-state index contributed by atoms with van der Waals surface area (Å²) in [6.07, 6.45) is 2.41. The Morgan fingerprint density at radius 1 is 1.47 bits per heavy atom. The SMILES string of the molecule is CCO[C@@H]1CN(C(=O)[C@@H]2CCCCN2)C[C@@H]1O. The molecule has 2 saturated heterocycles. The Balaban J connectivity index is 1.88. The zero-order valence-corrected chi connectivity index (χ0v) is 10.4. The van der Waals surface area contributed by atoms with Gasteiger partial charge >= 0.3 is 0 Å². The van der Waals surface area contributed by atoms with Gasteiger partial charge in [-0.1, -0.05) is 6.42 Å². The van der Waals surface area contributed by atoms with E-state index in [0.29, 0.717) is 19.7 Å². The molecule has 5 heteroatoms. The van der Waals surface area contributed by atoms with Crippen molar-refractivity contribution < 1.29 is 14.6 Å². The number of rotatable bonds is 3. The number of amides is 1. The molecule has 0 radical (unpaired) electrons. The molecule has 0 spiro atoms. The van der Waals surface area contributed by atoms with Gasteiger partial charge in [-0.2, -0.15) is 0 Å². The van der Waals surface area contributed by atoms with Crippen LogP contribution in [0.15, 0.2) is 0 Å². The molecule has 2 aliphatic rings. The first-order valence-corrected chi connectivity index (χ1v) is 6.54. The summed E-state index contributed by atoms with van der Waals surface area (Å²) in [7, 11) is 0. The fourth-order valence-corrected chi connectivity index (χ4v) is 2.60. The first-order chi connectivity index (χ1) is 8.22. The minimum Gasteiger partial charge on any atom is -0.388 e. The van der Waals surface area contributed by atoms with Gasteiger partial charge in [-0.3, -0.25) is 4.79 Å². The Hall–Kier alpha value is -0.650. The predicted octanol–water partition coefficient (Wildman–Crippen LogP) is -0.263. The van der Waals surface area contributed by atoms with E-state index < -0.39 is 6.10 Å². The zero-order valence-electron chi connectivity index (χ0n) is 10.4. The van der Waals surface area contributed by atoms with E-state index >= 15 is 0 Å². The number of ether oxygens (including phenoxy) is 1. The zero-order chi connectivity index (χ0) is 12.3. The molecule has 2 fully saturated rings. The maximum Gasteiger partial charge on any atom is 0.239 e. The highest BCUT2D eigenvalue weighted by Gasteiger charge is 2.37. The molecule has 0 unspecified atom stereocenters. The third-order valence-corrected chi connectivity index (χ3v) is 3.54. The molecule has 2 N–H and O–H groups in total. The van der Waals surface area contributed by atoms with E-state index in [4.69, 9.17) is 4.74 Å². The van der Waals surface area contributed by atoms with Crippen LogP contribution >= 0.6 is 0 Å².